The summed E-state index contributed by atoms with van der Waals surface area (Å²) >= 11 is 0. The van der Waals surface area contributed by atoms with E-state index in [-0.39, 0.29) is 17.4 Å². The second-order valence-corrected chi connectivity index (χ2v) is 7.62. The van der Waals surface area contributed by atoms with E-state index in [4.69, 9.17) is 9.47 Å². The van der Waals surface area contributed by atoms with Crippen LogP contribution in [-0.4, -0.2) is 24.1 Å². The van der Waals surface area contributed by atoms with E-state index in [9.17, 15) is 14.7 Å². The lowest BCUT2D eigenvalue weighted by molar-refractivity contribution is -0.121. The Morgan fingerprint density at radius 1 is 1.06 bits per heavy atom. The Balaban J connectivity index is 1.83. The van der Waals surface area contributed by atoms with Crippen LogP contribution in [-0.2, 0) is 11.3 Å². The number of phenols is 1. The number of aromatic hydroxyl groups is 1. The fraction of sp³-hybridized carbons (Fsp3) is 0.360. The molecule has 0 aliphatic rings. The zero-order valence-corrected chi connectivity index (χ0v) is 18.4. The first kappa shape index (κ1) is 24.0. The minimum absolute atomic E-state index is 0.00893. The smallest absolute Gasteiger partial charge is 0.343 e. The van der Waals surface area contributed by atoms with Gasteiger partial charge >= 0.3 is 5.97 Å². The molecule has 2 rings (SSSR count). The van der Waals surface area contributed by atoms with Crippen molar-refractivity contribution in [3.63, 3.8) is 0 Å². The fourth-order valence-electron chi connectivity index (χ4n) is 2.87. The lowest BCUT2D eigenvalue weighted by Gasteiger charge is -2.12. The van der Waals surface area contributed by atoms with Crippen LogP contribution in [0.5, 0.6) is 17.2 Å². The predicted molar refractivity (Wildman–Crippen MR) is 120 cm³/mol. The predicted octanol–water partition coefficient (Wildman–Crippen LogP) is 5.01. The fourth-order valence-corrected chi connectivity index (χ4v) is 2.87. The molecule has 166 valence electrons. The van der Waals surface area contributed by atoms with Gasteiger partial charge in [0.25, 0.3) is 0 Å². The van der Waals surface area contributed by atoms with E-state index in [0.29, 0.717) is 30.2 Å². The van der Waals surface area contributed by atoms with Crippen molar-refractivity contribution in [3.8, 4) is 17.2 Å². The quantitative estimate of drug-likeness (QED) is 0.229. The Kier molecular flexibility index (Phi) is 9.62. The van der Waals surface area contributed by atoms with Gasteiger partial charge in [0.05, 0.1) is 12.7 Å². The molecule has 0 unspecified atom stereocenters. The molecule has 2 aromatic rings. The molecule has 0 aromatic heterocycles. The highest BCUT2D eigenvalue weighted by molar-refractivity contribution is 5.91. The minimum Gasteiger partial charge on any atom is -0.508 e. The molecule has 1 amide bonds. The van der Waals surface area contributed by atoms with Crippen molar-refractivity contribution in [2.24, 2.45) is 5.92 Å². The van der Waals surface area contributed by atoms with Crippen molar-refractivity contribution in [2.75, 3.05) is 7.11 Å². The molecule has 0 saturated carbocycles. The first-order valence-corrected chi connectivity index (χ1v) is 10.5. The Labute approximate surface area is 183 Å². The third-order valence-corrected chi connectivity index (χ3v) is 4.57. The van der Waals surface area contributed by atoms with Gasteiger partial charge in [-0.25, -0.2) is 4.79 Å². The van der Waals surface area contributed by atoms with E-state index in [0.717, 1.165) is 24.8 Å². The zero-order chi connectivity index (χ0) is 22.6. The topological polar surface area (TPSA) is 84.9 Å². The van der Waals surface area contributed by atoms with Gasteiger partial charge in [-0.05, 0) is 67.1 Å². The number of carbonyl (C=O) groups is 2. The highest BCUT2D eigenvalue weighted by atomic mass is 16.6. The van der Waals surface area contributed by atoms with Crippen LogP contribution in [0.1, 0.15) is 55.5 Å². The van der Waals surface area contributed by atoms with Crippen LogP contribution >= 0.6 is 0 Å². The van der Waals surface area contributed by atoms with Crippen molar-refractivity contribution in [1.29, 1.82) is 0 Å². The lowest BCUT2D eigenvalue weighted by Crippen LogP contribution is -2.22. The van der Waals surface area contributed by atoms with Crippen molar-refractivity contribution in [3.05, 3.63) is 65.7 Å². The Hall–Kier alpha value is -3.28. The molecule has 0 saturated heterocycles. The normalized spacial score (nSPS) is 11.0. The zero-order valence-electron chi connectivity index (χ0n) is 18.4. The summed E-state index contributed by atoms with van der Waals surface area (Å²) in [6.07, 6.45) is 7.68. The van der Waals surface area contributed by atoms with Crippen LogP contribution in [0.25, 0.3) is 0 Å². The van der Waals surface area contributed by atoms with Crippen LogP contribution < -0.4 is 14.8 Å². The van der Waals surface area contributed by atoms with E-state index in [1.165, 1.54) is 31.4 Å². The van der Waals surface area contributed by atoms with Crippen LogP contribution in [0.15, 0.2) is 54.6 Å². The number of hydrogen-bond donors (Lipinski definition) is 2. The number of carbonyl (C=O) groups excluding carboxylic acids is 2. The molecule has 0 atom stereocenters. The van der Waals surface area contributed by atoms with E-state index in [1.54, 1.807) is 18.2 Å². The molecule has 0 spiro atoms. The molecule has 0 bridgehead atoms. The molecule has 2 aromatic carbocycles. The number of nitrogens with one attached hydrogen (secondary N) is 1. The van der Waals surface area contributed by atoms with Crippen LogP contribution in [0, 0.1) is 5.92 Å². The average molecular weight is 426 g/mol. The first-order valence-electron chi connectivity index (χ1n) is 10.5. The number of phenolic OH excluding ortho intramolecular Hbond substituents is 1. The Morgan fingerprint density at radius 3 is 2.48 bits per heavy atom. The van der Waals surface area contributed by atoms with Crippen molar-refractivity contribution < 1.29 is 24.2 Å². The number of allylic oxidation sites excluding steroid dienone is 2. The minimum atomic E-state index is -0.553. The van der Waals surface area contributed by atoms with Crippen molar-refractivity contribution in [2.45, 2.75) is 46.1 Å². The number of hydrogen-bond acceptors (Lipinski definition) is 5. The second kappa shape index (κ2) is 12.4. The maximum Gasteiger partial charge on any atom is 0.343 e. The van der Waals surface area contributed by atoms with Gasteiger partial charge in [0.2, 0.25) is 5.91 Å². The summed E-state index contributed by atoms with van der Waals surface area (Å²) in [6.45, 7) is 4.66. The third kappa shape index (κ3) is 8.54. The molecular formula is C25H31NO5. The molecule has 0 aliphatic carbocycles. The summed E-state index contributed by atoms with van der Waals surface area (Å²) in [6, 6.07) is 10.9. The molecule has 0 fully saturated rings. The summed E-state index contributed by atoms with van der Waals surface area (Å²) in [5, 5.41) is 12.2. The van der Waals surface area contributed by atoms with Gasteiger partial charge in [-0.1, -0.05) is 32.1 Å². The number of unbranched alkanes of at least 4 members (excludes halogenated alkanes) is 2. The monoisotopic (exact) mass is 425 g/mol. The van der Waals surface area contributed by atoms with E-state index >= 15 is 0 Å². The van der Waals surface area contributed by atoms with Crippen LogP contribution in [0.4, 0.5) is 0 Å². The molecule has 6 heteroatoms. The van der Waals surface area contributed by atoms with Gasteiger partial charge in [-0.2, -0.15) is 0 Å². The number of amides is 1. The third-order valence-electron chi connectivity index (χ3n) is 4.57. The number of methoxy groups -OCH3 is 1. The standard InChI is InChI=1S/C25H31NO5/c1-18(2)8-6-4-5-7-9-24(28)26-17-19-10-15-22(23(16-19)30-3)31-25(29)20-11-13-21(27)14-12-20/h6,8,10-16,18,27H,4-5,7,9,17H2,1-3H3,(H,26,28). The lowest BCUT2D eigenvalue weighted by atomic mass is 10.1. The van der Waals surface area contributed by atoms with E-state index < -0.39 is 5.97 Å². The van der Waals surface area contributed by atoms with Crippen LogP contribution in [0.3, 0.4) is 0 Å². The van der Waals surface area contributed by atoms with E-state index in [2.05, 4.69) is 31.3 Å². The number of rotatable bonds is 11. The SMILES string of the molecule is COc1cc(CNC(=O)CCCCC=CC(C)C)ccc1OC(=O)c1ccc(O)cc1. The molecule has 0 radical (unpaired) electrons. The number of benzene rings is 2. The molecule has 31 heavy (non-hydrogen) atoms. The molecule has 0 aliphatic heterocycles. The summed E-state index contributed by atoms with van der Waals surface area (Å²) in [4.78, 5) is 24.3. The number of esters is 1. The highest BCUT2D eigenvalue weighted by Crippen LogP contribution is 2.29. The second-order valence-electron chi connectivity index (χ2n) is 7.62. The Morgan fingerprint density at radius 2 is 1.81 bits per heavy atom. The summed E-state index contributed by atoms with van der Waals surface area (Å²) < 4.78 is 10.7. The van der Waals surface area contributed by atoms with E-state index in [1.807, 2.05) is 0 Å². The molecular weight excluding hydrogens is 394 g/mol. The van der Waals surface area contributed by atoms with Gasteiger partial charge in [0, 0.05) is 13.0 Å². The van der Waals surface area contributed by atoms with Crippen LogP contribution in [0.2, 0.25) is 0 Å². The van der Waals surface area contributed by atoms with Gasteiger partial charge in [0.1, 0.15) is 5.75 Å². The summed E-state index contributed by atoms with van der Waals surface area (Å²) in [7, 11) is 1.49. The van der Waals surface area contributed by atoms with Crippen molar-refractivity contribution >= 4 is 11.9 Å². The Bertz CT molecular complexity index is 887. The first-order chi connectivity index (χ1) is 14.9. The summed E-state index contributed by atoms with van der Waals surface area (Å²) in [5.74, 6) is 0.768. The molecule has 6 nitrogen and oxygen atoms in total. The van der Waals surface area contributed by atoms with Gasteiger partial charge in [-0.3, -0.25) is 4.79 Å². The van der Waals surface area contributed by atoms with Gasteiger partial charge in [0.15, 0.2) is 11.5 Å². The van der Waals surface area contributed by atoms with Gasteiger partial charge < -0.3 is 19.9 Å². The molecule has 0 heterocycles. The maximum absolute atomic E-state index is 12.3. The number of ether oxygens (including phenoxy) is 2. The summed E-state index contributed by atoms with van der Waals surface area (Å²) in [5.41, 5.74) is 1.16. The maximum atomic E-state index is 12.3. The van der Waals surface area contributed by atoms with Gasteiger partial charge in [-0.15, -0.1) is 0 Å². The highest BCUT2D eigenvalue weighted by Gasteiger charge is 2.13. The average Bonchev–Trinajstić information content (AvgIpc) is 2.75. The largest absolute Gasteiger partial charge is 0.508 e. The van der Waals surface area contributed by atoms with Crippen molar-refractivity contribution in [1.82, 2.24) is 5.32 Å². The molecule has 2 N–H and O–H groups in total.